The first-order valence-electron chi connectivity index (χ1n) is 8.20. The average Bonchev–Trinajstić information content (AvgIpc) is 3.14. The number of aliphatic carboxylic acids is 1. The number of carboxylic acid groups (broad SMARTS) is 1. The molecule has 0 saturated carbocycles. The normalized spacial score (nSPS) is 17.5. The molecule has 1 atom stereocenters. The summed E-state index contributed by atoms with van der Waals surface area (Å²) in [4.78, 5) is 28.8. The van der Waals surface area contributed by atoms with Crippen LogP contribution in [0.2, 0.25) is 0 Å². The molecule has 132 valence electrons. The molecule has 0 bridgehead atoms. The monoisotopic (exact) mass is 346 g/mol. The number of carbonyl (C=O) groups is 2. The van der Waals surface area contributed by atoms with Gasteiger partial charge in [-0.1, -0.05) is 0 Å². The molecule has 1 aliphatic heterocycles. The summed E-state index contributed by atoms with van der Waals surface area (Å²) in [5.41, 5.74) is 0.507. The summed E-state index contributed by atoms with van der Waals surface area (Å²) in [6, 6.07) is 4.28. The molecule has 7 nitrogen and oxygen atoms in total. The van der Waals surface area contributed by atoms with Crippen molar-refractivity contribution in [1.29, 1.82) is 0 Å². The molecule has 3 rings (SSSR count). The van der Waals surface area contributed by atoms with E-state index in [1.54, 1.807) is 11.0 Å². The molecule has 25 heavy (non-hydrogen) atoms. The lowest BCUT2D eigenvalue weighted by Gasteiger charge is -2.32. The zero-order valence-electron chi connectivity index (χ0n) is 13.6. The summed E-state index contributed by atoms with van der Waals surface area (Å²) in [6.45, 7) is 1.12. The minimum atomic E-state index is -0.825. The number of rotatable bonds is 5. The number of halogens is 1. The first-order chi connectivity index (χ1) is 12.0. The molecule has 1 aliphatic rings. The van der Waals surface area contributed by atoms with Crippen molar-refractivity contribution in [3.8, 4) is 5.69 Å². The number of amides is 1. The Morgan fingerprint density at radius 2 is 2.20 bits per heavy atom. The average molecular weight is 346 g/mol. The van der Waals surface area contributed by atoms with Gasteiger partial charge >= 0.3 is 5.97 Å². The second kappa shape index (κ2) is 7.42. The first kappa shape index (κ1) is 17.1. The lowest BCUT2D eigenvalue weighted by atomic mass is 9.93. The van der Waals surface area contributed by atoms with Crippen LogP contribution in [-0.4, -0.2) is 49.7 Å². The third-order valence-electron chi connectivity index (χ3n) is 4.43. The van der Waals surface area contributed by atoms with Gasteiger partial charge in [-0.3, -0.25) is 9.59 Å². The third kappa shape index (κ3) is 4.01. The summed E-state index contributed by atoms with van der Waals surface area (Å²) in [5, 5.41) is 12.7. The van der Waals surface area contributed by atoms with Crippen LogP contribution in [0, 0.1) is 11.7 Å². The van der Waals surface area contributed by atoms with Crippen molar-refractivity contribution in [1.82, 2.24) is 19.7 Å². The zero-order valence-corrected chi connectivity index (χ0v) is 13.6. The number of nitrogens with zero attached hydrogens (tertiary/aromatic N) is 4. The van der Waals surface area contributed by atoms with Gasteiger partial charge in [0.05, 0.1) is 0 Å². The SMILES string of the molecule is O=C(O)CCC1CCCN(C(=O)c2ccc(-n3cncn3)c(F)c2)C1. The van der Waals surface area contributed by atoms with E-state index in [1.807, 2.05) is 0 Å². The lowest BCUT2D eigenvalue weighted by molar-refractivity contribution is -0.137. The number of aromatic nitrogens is 3. The molecule has 1 amide bonds. The molecule has 1 unspecified atom stereocenters. The van der Waals surface area contributed by atoms with Gasteiger partial charge in [-0.15, -0.1) is 0 Å². The number of hydrogen-bond donors (Lipinski definition) is 1. The van der Waals surface area contributed by atoms with E-state index in [2.05, 4.69) is 10.1 Å². The van der Waals surface area contributed by atoms with Crippen LogP contribution in [0.4, 0.5) is 4.39 Å². The molecule has 8 heteroatoms. The Bertz CT molecular complexity index is 763. The van der Waals surface area contributed by atoms with Gasteiger partial charge in [0.1, 0.15) is 24.2 Å². The Hall–Kier alpha value is -2.77. The van der Waals surface area contributed by atoms with Crippen LogP contribution >= 0.6 is 0 Å². The molecule has 1 fully saturated rings. The molecule has 2 heterocycles. The smallest absolute Gasteiger partial charge is 0.303 e. The van der Waals surface area contributed by atoms with Crippen molar-refractivity contribution in [2.24, 2.45) is 5.92 Å². The van der Waals surface area contributed by atoms with Gasteiger partial charge < -0.3 is 10.0 Å². The Morgan fingerprint density at radius 3 is 2.88 bits per heavy atom. The summed E-state index contributed by atoms with van der Waals surface area (Å²) >= 11 is 0. The maximum atomic E-state index is 14.3. The predicted molar refractivity (Wildman–Crippen MR) is 86.8 cm³/mol. The van der Waals surface area contributed by atoms with E-state index in [0.29, 0.717) is 19.5 Å². The standard InChI is InChI=1S/C17H19FN4O3/c18-14-8-13(4-5-15(14)22-11-19-10-20-22)17(25)21-7-1-2-12(9-21)3-6-16(23)24/h4-5,8,10-12H,1-3,6-7,9H2,(H,23,24). The van der Waals surface area contributed by atoms with Gasteiger partial charge in [0.2, 0.25) is 0 Å². The van der Waals surface area contributed by atoms with Gasteiger partial charge in [0.25, 0.3) is 5.91 Å². The van der Waals surface area contributed by atoms with Crippen LogP contribution in [0.1, 0.15) is 36.0 Å². The molecular formula is C17H19FN4O3. The van der Waals surface area contributed by atoms with Crippen LogP contribution in [0.3, 0.4) is 0 Å². The van der Waals surface area contributed by atoms with E-state index >= 15 is 0 Å². The van der Waals surface area contributed by atoms with E-state index in [0.717, 1.165) is 12.8 Å². The second-order valence-electron chi connectivity index (χ2n) is 6.20. The molecule has 0 spiro atoms. The summed E-state index contributed by atoms with van der Waals surface area (Å²) in [6.07, 6.45) is 5.10. The zero-order chi connectivity index (χ0) is 17.8. The summed E-state index contributed by atoms with van der Waals surface area (Å²) in [5.74, 6) is -1.43. The number of carboxylic acids is 1. The Labute approximate surface area is 144 Å². The van der Waals surface area contributed by atoms with Gasteiger partial charge in [-0.2, -0.15) is 5.10 Å². The number of benzene rings is 1. The van der Waals surface area contributed by atoms with Crippen LogP contribution in [0.25, 0.3) is 5.69 Å². The van der Waals surface area contributed by atoms with Crippen LogP contribution < -0.4 is 0 Å². The molecule has 1 aromatic heterocycles. The van der Waals surface area contributed by atoms with Gasteiger partial charge in [0, 0.05) is 25.1 Å². The highest BCUT2D eigenvalue weighted by Crippen LogP contribution is 2.23. The second-order valence-corrected chi connectivity index (χ2v) is 6.20. The number of likely N-dealkylation sites (tertiary alicyclic amines) is 1. The van der Waals surface area contributed by atoms with Crippen molar-refractivity contribution < 1.29 is 19.1 Å². The summed E-state index contributed by atoms with van der Waals surface area (Å²) < 4.78 is 15.6. The molecule has 1 N–H and O–H groups in total. The van der Waals surface area contributed by atoms with Gasteiger partial charge in [0.15, 0.2) is 0 Å². The number of carbonyl (C=O) groups excluding carboxylic acids is 1. The fourth-order valence-corrected chi connectivity index (χ4v) is 3.15. The van der Waals surface area contributed by atoms with Crippen molar-refractivity contribution >= 4 is 11.9 Å². The van der Waals surface area contributed by atoms with E-state index in [9.17, 15) is 14.0 Å². The highest BCUT2D eigenvalue weighted by Gasteiger charge is 2.25. The molecule has 0 radical (unpaired) electrons. The quantitative estimate of drug-likeness (QED) is 0.896. The fourth-order valence-electron chi connectivity index (χ4n) is 3.15. The number of hydrogen-bond acceptors (Lipinski definition) is 4. The maximum Gasteiger partial charge on any atom is 0.303 e. The Kier molecular flexibility index (Phi) is 5.06. The Balaban J connectivity index is 1.70. The fraction of sp³-hybridized carbons (Fsp3) is 0.412. The third-order valence-corrected chi connectivity index (χ3v) is 4.43. The van der Waals surface area contributed by atoms with Crippen molar-refractivity contribution in [2.75, 3.05) is 13.1 Å². The minimum absolute atomic E-state index is 0.105. The van der Waals surface area contributed by atoms with Crippen LogP contribution in [0.5, 0.6) is 0 Å². The van der Waals surface area contributed by atoms with E-state index < -0.39 is 11.8 Å². The van der Waals surface area contributed by atoms with Gasteiger partial charge in [-0.05, 0) is 43.4 Å². The number of piperidine rings is 1. The highest BCUT2D eigenvalue weighted by atomic mass is 19.1. The highest BCUT2D eigenvalue weighted by molar-refractivity contribution is 5.94. The maximum absolute atomic E-state index is 14.3. The van der Waals surface area contributed by atoms with E-state index in [-0.39, 0.29) is 29.5 Å². The lowest BCUT2D eigenvalue weighted by Crippen LogP contribution is -2.40. The topological polar surface area (TPSA) is 88.3 Å². The van der Waals surface area contributed by atoms with Crippen molar-refractivity contribution in [3.05, 3.63) is 42.2 Å². The largest absolute Gasteiger partial charge is 0.481 e. The molecule has 1 saturated heterocycles. The summed E-state index contributed by atoms with van der Waals surface area (Å²) in [7, 11) is 0. The predicted octanol–water partition coefficient (Wildman–Crippen LogP) is 2.12. The Morgan fingerprint density at radius 1 is 1.36 bits per heavy atom. The molecule has 2 aromatic rings. The molecule has 0 aliphatic carbocycles. The van der Waals surface area contributed by atoms with E-state index in [1.165, 1.54) is 29.5 Å². The molecule has 1 aromatic carbocycles. The van der Waals surface area contributed by atoms with E-state index in [4.69, 9.17) is 5.11 Å². The van der Waals surface area contributed by atoms with Crippen molar-refractivity contribution in [3.63, 3.8) is 0 Å². The minimum Gasteiger partial charge on any atom is -0.481 e. The van der Waals surface area contributed by atoms with Crippen LogP contribution in [-0.2, 0) is 4.79 Å². The first-order valence-corrected chi connectivity index (χ1v) is 8.20. The van der Waals surface area contributed by atoms with Crippen molar-refractivity contribution in [2.45, 2.75) is 25.7 Å². The van der Waals surface area contributed by atoms with Gasteiger partial charge in [-0.25, -0.2) is 14.1 Å². The van der Waals surface area contributed by atoms with Crippen LogP contribution in [0.15, 0.2) is 30.9 Å². The molecular weight excluding hydrogens is 327 g/mol.